The molecule has 2 aliphatic rings. The average Bonchev–Trinajstić information content (AvgIpc) is 3.29. The molecule has 1 atom stereocenters. The van der Waals surface area contributed by atoms with Gasteiger partial charge in [-0.15, -0.1) is 0 Å². The first-order valence-electron chi connectivity index (χ1n) is 13.6. The maximum absolute atomic E-state index is 15.2. The Labute approximate surface area is 241 Å². The number of benzene rings is 3. The van der Waals surface area contributed by atoms with E-state index in [2.05, 4.69) is 10.6 Å². The number of carboxylic acids is 1. The first-order chi connectivity index (χ1) is 19.5. The molecule has 0 radical (unpaired) electrons. The predicted octanol–water partition coefficient (Wildman–Crippen LogP) is 7.97. The number of aliphatic carboxylic acids is 1. The second-order valence-corrected chi connectivity index (χ2v) is 11.6. The van der Waals surface area contributed by atoms with E-state index in [0.717, 1.165) is 55.9 Å². The molecule has 41 heavy (non-hydrogen) atoms. The number of carboxylic acid groups (broad SMARTS) is 1. The molecule has 6 nitrogen and oxygen atoms in total. The van der Waals surface area contributed by atoms with Crippen LogP contribution in [0, 0.1) is 29.3 Å². The fourth-order valence-electron chi connectivity index (χ4n) is 5.80. The molecule has 3 aromatic rings. The molecule has 0 bridgehead atoms. The first kappa shape index (κ1) is 28.9. The standard InChI is InChI=1S/C31H32ClF3N2O4/c1-30(2,29(38)39)41-21-12-13-28(25(35)14-21)40-17-22(18-6-4-3-5-7-18)31(19-8-10-20(32)11-9-19)36-26-15-23(33)24(34)16-27(26)37-31/h8-16,18,22,36-37H,3-7,17H2,1-2H3,(H,38,39). The molecular weight excluding hydrogens is 557 g/mol. The van der Waals surface area contributed by atoms with Gasteiger partial charge >= 0.3 is 5.97 Å². The van der Waals surface area contributed by atoms with E-state index in [-0.39, 0.29) is 29.9 Å². The van der Waals surface area contributed by atoms with Crippen molar-refractivity contribution in [2.24, 2.45) is 11.8 Å². The second kappa shape index (κ2) is 11.4. The maximum Gasteiger partial charge on any atom is 0.347 e. The topological polar surface area (TPSA) is 79.8 Å². The molecule has 1 aliphatic heterocycles. The highest BCUT2D eigenvalue weighted by Crippen LogP contribution is 2.49. The molecule has 1 unspecified atom stereocenters. The molecule has 1 aliphatic carbocycles. The van der Waals surface area contributed by atoms with Gasteiger partial charge in [0.15, 0.2) is 28.8 Å². The molecule has 0 aromatic heterocycles. The summed E-state index contributed by atoms with van der Waals surface area (Å²) in [5.74, 6) is -3.94. The fraction of sp³-hybridized carbons (Fsp3) is 0.387. The van der Waals surface area contributed by atoms with Crippen molar-refractivity contribution in [3.05, 3.63) is 82.6 Å². The molecule has 10 heteroatoms. The smallest absolute Gasteiger partial charge is 0.347 e. The zero-order valence-corrected chi connectivity index (χ0v) is 23.5. The summed E-state index contributed by atoms with van der Waals surface area (Å²) in [6.07, 6.45) is 4.97. The molecule has 0 saturated heterocycles. The summed E-state index contributed by atoms with van der Waals surface area (Å²) in [5.41, 5.74) is -0.959. The van der Waals surface area contributed by atoms with Crippen LogP contribution in [0.1, 0.15) is 51.5 Å². The fourth-order valence-corrected chi connectivity index (χ4v) is 5.92. The molecule has 1 heterocycles. The third-order valence-electron chi connectivity index (χ3n) is 8.01. The van der Waals surface area contributed by atoms with E-state index < -0.39 is 34.7 Å². The van der Waals surface area contributed by atoms with Crippen LogP contribution in [-0.2, 0) is 10.5 Å². The Kier molecular flexibility index (Phi) is 8.01. The van der Waals surface area contributed by atoms with E-state index in [4.69, 9.17) is 21.1 Å². The minimum Gasteiger partial charge on any atom is -0.490 e. The van der Waals surface area contributed by atoms with Gasteiger partial charge in [-0.1, -0.05) is 43.0 Å². The van der Waals surface area contributed by atoms with Crippen LogP contribution >= 0.6 is 11.6 Å². The summed E-state index contributed by atoms with van der Waals surface area (Å²) >= 11 is 6.20. The van der Waals surface area contributed by atoms with E-state index in [9.17, 15) is 18.7 Å². The summed E-state index contributed by atoms with van der Waals surface area (Å²) < 4.78 is 55.3. The summed E-state index contributed by atoms with van der Waals surface area (Å²) in [7, 11) is 0. The molecule has 0 spiro atoms. The highest BCUT2D eigenvalue weighted by molar-refractivity contribution is 6.30. The van der Waals surface area contributed by atoms with E-state index in [1.165, 1.54) is 26.0 Å². The Morgan fingerprint density at radius 2 is 1.59 bits per heavy atom. The van der Waals surface area contributed by atoms with Gasteiger partial charge in [0.2, 0.25) is 0 Å². The third kappa shape index (κ3) is 5.91. The van der Waals surface area contributed by atoms with Gasteiger partial charge in [0.25, 0.3) is 0 Å². The van der Waals surface area contributed by atoms with Gasteiger partial charge in [-0.05, 0) is 62.4 Å². The Morgan fingerprint density at radius 1 is 0.976 bits per heavy atom. The number of hydrogen-bond donors (Lipinski definition) is 3. The van der Waals surface area contributed by atoms with Gasteiger partial charge in [-0.3, -0.25) is 0 Å². The van der Waals surface area contributed by atoms with Crippen LogP contribution in [0.2, 0.25) is 5.02 Å². The van der Waals surface area contributed by atoms with Crippen molar-refractivity contribution in [3.8, 4) is 11.5 Å². The molecule has 3 aromatic carbocycles. The number of halogens is 4. The van der Waals surface area contributed by atoms with Crippen LogP contribution in [-0.4, -0.2) is 23.3 Å². The molecule has 1 fully saturated rings. The van der Waals surface area contributed by atoms with Gasteiger partial charge in [-0.2, -0.15) is 0 Å². The summed E-state index contributed by atoms with van der Waals surface area (Å²) in [6, 6.07) is 13.4. The molecule has 0 amide bonds. The lowest BCUT2D eigenvalue weighted by atomic mass is 9.72. The Balaban J connectivity index is 1.49. The van der Waals surface area contributed by atoms with E-state index >= 15 is 4.39 Å². The van der Waals surface area contributed by atoms with Gasteiger partial charge in [0, 0.05) is 29.1 Å². The lowest BCUT2D eigenvalue weighted by molar-refractivity contribution is -0.152. The van der Waals surface area contributed by atoms with E-state index in [1.54, 1.807) is 12.1 Å². The Bertz CT molecular complexity index is 1400. The SMILES string of the molecule is CC(C)(Oc1ccc(OCC(C2CCCCC2)C2(c3ccc(Cl)cc3)Nc3cc(F)c(F)cc3N2)c(F)c1)C(=O)O. The number of rotatable bonds is 9. The highest BCUT2D eigenvalue weighted by atomic mass is 35.5. The van der Waals surface area contributed by atoms with Crippen molar-refractivity contribution in [1.29, 1.82) is 0 Å². The van der Waals surface area contributed by atoms with Crippen molar-refractivity contribution in [2.45, 2.75) is 57.2 Å². The first-order valence-corrected chi connectivity index (χ1v) is 14.0. The van der Waals surface area contributed by atoms with Crippen molar-refractivity contribution in [3.63, 3.8) is 0 Å². The molecule has 218 valence electrons. The summed E-state index contributed by atoms with van der Waals surface area (Å²) in [5, 5.41) is 16.7. The summed E-state index contributed by atoms with van der Waals surface area (Å²) in [4.78, 5) is 11.4. The lowest BCUT2D eigenvalue weighted by Crippen LogP contribution is -2.51. The largest absolute Gasteiger partial charge is 0.490 e. The average molecular weight is 589 g/mol. The minimum atomic E-state index is -1.54. The van der Waals surface area contributed by atoms with Crippen LogP contribution in [0.5, 0.6) is 11.5 Å². The number of ether oxygens (including phenoxy) is 2. The normalized spacial score (nSPS) is 17.2. The number of carbonyl (C=O) groups is 1. The maximum atomic E-state index is 15.2. The molecule has 1 saturated carbocycles. The number of hydrogen-bond acceptors (Lipinski definition) is 5. The summed E-state index contributed by atoms with van der Waals surface area (Å²) in [6.45, 7) is 2.82. The van der Waals surface area contributed by atoms with Crippen molar-refractivity contribution < 1.29 is 32.5 Å². The number of fused-ring (bicyclic) bond motifs is 1. The van der Waals surface area contributed by atoms with Crippen LogP contribution in [0.4, 0.5) is 24.5 Å². The van der Waals surface area contributed by atoms with Gasteiger partial charge in [0.1, 0.15) is 11.4 Å². The molecule has 5 rings (SSSR count). The third-order valence-corrected chi connectivity index (χ3v) is 8.26. The number of nitrogens with one attached hydrogen (secondary N) is 2. The Hall–Kier alpha value is -3.59. The monoisotopic (exact) mass is 588 g/mol. The van der Waals surface area contributed by atoms with Crippen LogP contribution in [0.25, 0.3) is 0 Å². The second-order valence-electron chi connectivity index (χ2n) is 11.2. The zero-order valence-electron chi connectivity index (χ0n) is 22.8. The highest BCUT2D eigenvalue weighted by Gasteiger charge is 2.49. The van der Waals surface area contributed by atoms with E-state index in [1.807, 2.05) is 12.1 Å². The van der Waals surface area contributed by atoms with Crippen molar-refractivity contribution >= 4 is 28.9 Å². The molecular formula is C31H32ClF3N2O4. The lowest BCUT2D eigenvalue weighted by Gasteiger charge is -2.44. The minimum absolute atomic E-state index is 0.0230. The number of anilines is 2. The Morgan fingerprint density at radius 3 is 2.15 bits per heavy atom. The van der Waals surface area contributed by atoms with E-state index in [0.29, 0.717) is 16.4 Å². The van der Waals surface area contributed by atoms with Crippen LogP contribution in [0.3, 0.4) is 0 Å². The van der Waals surface area contributed by atoms with Crippen molar-refractivity contribution in [1.82, 2.24) is 0 Å². The zero-order chi connectivity index (χ0) is 29.4. The van der Waals surface area contributed by atoms with Crippen LogP contribution < -0.4 is 20.1 Å². The van der Waals surface area contributed by atoms with Gasteiger partial charge in [0.05, 0.1) is 18.0 Å². The van der Waals surface area contributed by atoms with Gasteiger partial charge in [-0.25, -0.2) is 18.0 Å². The van der Waals surface area contributed by atoms with Crippen molar-refractivity contribution in [2.75, 3.05) is 17.2 Å². The quantitative estimate of drug-likeness (QED) is 0.235. The predicted molar refractivity (Wildman–Crippen MR) is 151 cm³/mol. The van der Waals surface area contributed by atoms with Gasteiger partial charge < -0.3 is 25.2 Å². The van der Waals surface area contributed by atoms with Crippen LogP contribution in [0.15, 0.2) is 54.6 Å². The molecule has 3 N–H and O–H groups in total.